The van der Waals surface area contributed by atoms with E-state index < -0.39 is 11.7 Å². The fourth-order valence-electron chi connectivity index (χ4n) is 2.60. The molecule has 0 saturated carbocycles. The van der Waals surface area contributed by atoms with Gasteiger partial charge in [0.15, 0.2) is 0 Å². The van der Waals surface area contributed by atoms with Crippen LogP contribution >= 0.6 is 0 Å². The average molecular weight is 249 g/mol. The van der Waals surface area contributed by atoms with Gasteiger partial charge >= 0.3 is 0 Å². The highest BCUT2D eigenvalue weighted by Crippen LogP contribution is 2.35. The van der Waals surface area contributed by atoms with Gasteiger partial charge in [0.25, 0.3) is 0 Å². The molecule has 1 aliphatic rings. The van der Waals surface area contributed by atoms with Crippen LogP contribution in [0.4, 0.5) is 0 Å². The Balaban J connectivity index is 2.19. The van der Waals surface area contributed by atoms with Crippen molar-refractivity contribution in [2.75, 3.05) is 13.1 Å². The monoisotopic (exact) mass is 249 g/mol. The summed E-state index contributed by atoms with van der Waals surface area (Å²) in [5, 5.41) is 21.0. The summed E-state index contributed by atoms with van der Waals surface area (Å²) in [4.78, 5) is 2.22. The second-order valence-electron chi connectivity index (χ2n) is 6.17. The molecule has 1 aromatic rings. The Bertz CT molecular complexity index is 399. The molecule has 0 aromatic heterocycles. The Labute approximate surface area is 109 Å². The summed E-state index contributed by atoms with van der Waals surface area (Å²) < 4.78 is 0. The van der Waals surface area contributed by atoms with Crippen molar-refractivity contribution in [2.45, 2.75) is 44.4 Å². The Kier molecular flexibility index (Phi) is 3.49. The number of benzene rings is 1. The number of nitrogens with zero attached hydrogens (tertiary/aromatic N) is 1. The minimum atomic E-state index is -1.11. The number of β-amino-alcohol motifs (C(OH)–C–C–N with tert-alkyl or cyclic N) is 1. The summed E-state index contributed by atoms with van der Waals surface area (Å²) in [5.41, 5.74) is -0.270. The number of rotatable bonds is 1. The van der Waals surface area contributed by atoms with Crippen LogP contribution in [0.2, 0.25) is 0 Å². The summed E-state index contributed by atoms with van der Waals surface area (Å²) in [7, 11) is 0. The quantitative estimate of drug-likeness (QED) is 0.797. The van der Waals surface area contributed by atoms with Gasteiger partial charge in [0, 0.05) is 18.6 Å². The SMILES string of the molecule is CC(C)(C)N1CC[C@](O)(c2ccccc2)[C@@H](O)C1. The zero-order valence-corrected chi connectivity index (χ0v) is 11.4. The first kappa shape index (κ1) is 13.5. The predicted octanol–water partition coefficient (Wildman–Crippen LogP) is 1.74. The van der Waals surface area contributed by atoms with Crippen molar-refractivity contribution in [3.63, 3.8) is 0 Å². The van der Waals surface area contributed by atoms with Crippen LogP contribution in [0, 0.1) is 0 Å². The van der Waals surface area contributed by atoms with E-state index in [4.69, 9.17) is 0 Å². The molecule has 0 bridgehead atoms. The van der Waals surface area contributed by atoms with Crippen molar-refractivity contribution in [2.24, 2.45) is 0 Å². The van der Waals surface area contributed by atoms with E-state index >= 15 is 0 Å². The Hall–Kier alpha value is -0.900. The molecule has 1 aliphatic heterocycles. The smallest absolute Gasteiger partial charge is 0.118 e. The normalized spacial score (nSPS) is 30.4. The molecule has 1 saturated heterocycles. The molecule has 1 heterocycles. The maximum absolute atomic E-state index is 10.7. The van der Waals surface area contributed by atoms with Crippen molar-refractivity contribution in [3.8, 4) is 0 Å². The van der Waals surface area contributed by atoms with Crippen molar-refractivity contribution in [3.05, 3.63) is 35.9 Å². The van der Waals surface area contributed by atoms with E-state index in [0.717, 1.165) is 12.1 Å². The number of piperidine rings is 1. The molecule has 1 aromatic carbocycles. The van der Waals surface area contributed by atoms with Gasteiger partial charge in [-0.05, 0) is 32.8 Å². The molecule has 0 aliphatic carbocycles. The van der Waals surface area contributed by atoms with E-state index in [1.165, 1.54) is 0 Å². The van der Waals surface area contributed by atoms with E-state index in [1.807, 2.05) is 30.3 Å². The number of hydrogen-bond donors (Lipinski definition) is 2. The topological polar surface area (TPSA) is 43.7 Å². The second-order valence-corrected chi connectivity index (χ2v) is 6.17. The lowest BCUT2D eigenvalue weighted by Gasteiger charge is -2.47. The van der Waals surface area contributed by atoms with Crippen LogP contribution in [0.15, 0.2) is 30.3 Å². The van der Waals surface area contributed by atoms with E-state index in [9.17, 15) is 10.2 Å². The Morgan fingerprint density at radius 2 is 1.83 bits per heavy atom. The molecule has 3 nitrogen and oxygen atoms in total. The zero-order valence-electron chi connectivity index (χ0n) is 11.4. The van der Waals surface area contributed by atoms with Gasteiger partial charge in [-0.3, -0.25) is 4.90 Å². The van der Waals surface area contributed by atoms with Crippen LogP contribution in [-0.2, 0) is 5.60 Å². The van der Waals surface area contributed by atoms with Crippen LogP contribution in [0.5, 0.6) is 0 Å². The second kappa shape index (κ2) is 4.65. The molecule has 2 rings (SSSR count). The highest BCUT2D eigenvalue weighted by atomic mass is 16.3. The van der Waals surface area contributed by atoms with Crippen LogP contribution < -0.4 is 0 Å². The molecule has 0 spiro atoms. The minimum absolute atomic E-state index is 0.0268. The first-order valence-electron chi connectivity index (χ1n) is 6.55. The fraction of sp³-hybridized carbons (Fsp3) is 0.600. The number of hydrogen-bond acceptors (Lipinski definition) is 3. The highest BCUT2D eigenvalue weighted by Gasteiger charge is 2.43. The lowest BCUT2D eigenvalue weighted by atomic mass is 9.81. The number of likely N-dealkylation sites (tertiary alicyclic amines) is 1. The largest absolute Gasteiger partial charge is 0.388 e. The maximum Gasteiger partial charge on any atom is 0.118 e. The third-order valence-corrected chi connectivity index (χ3v) is 3.93. The van der Waals surface area contributed by atoms with Gasteiger partial charge in [-0.1, -0.05) is 30.3 Å². The molecule has 100 valence electrons. The lowest BCUT2D eigenvalue weighted by Crippen LogP contribution is -2.58. The van der Waals surface area contributed by atoms with Gasteiger partial charge in [0.2, 0.25) is 0 Å². The van der Waals surface area contributed by atoms with Gasteiger partial charge in [-0.15, -0.1) is 0 Å². The third kappa shape index (κ3) is 2.44. The first-order chi connectivity index (χ1) is 8.34. The van der Waals surface area contributed by atoms with Crippen molar-refractivity contribution in [1.29, 1.82) is 0 Å². The maximum atomic E-state index is 10.7. The summed E-state index contributed by atoms with van der Waals surface area (Å²) in [6.45, 7) is 7.70. The third-order valence-electron chi connectivity index (χ3n) is 3.93. The first-order valence-corrected chi connectivity index (χ1v) is 6.55. The van der Waals surface area contributed by atoms with Crippen LogP contribution in [0.3, 0.4) is 0 Å². The van der Waals surface area contributed by atoms with Crippen LogP contribution in [-0.4, -0.2) is 39.8 Å². The van der Waals surface area contributed by atoms with Gasteiger partial charge < -0.3 is 10.2 Å². The van der Waals surface area contributed by atoms with E-state index in [1.54, 1.807) is 0 Å². The Morgan fingerprint density at radius 1 is 1.22 bits per heavy atom. The van der Waals surface area contributed by atoms with Crippen LogP contribution in [0.1, 0.15) is 32.8 Å². The number of aliphatic hydroxyl groups is 2. The minimum Gasteiger partial charge on any atom is -0.388 e. The standard InChI is InChI=1S/C15H23NO2/c1-14(2,3)16-10-9-15(18,13(17)11-16)12-7-5-4-6-8-12/h4-8,13,17-18H,9-11H2,1-3H3/t13-,15-/m0/s1. The van der Waals surface area contributed by atoms with E-state index in [-0.39, 0.29) is 5.54 Å². The summed E-state index contributed by atoms with van der Waals surface area (Å²) in [6.07, 6.45) is -0.178. The summed E-state index contributed by atoms with van der Waals surface area (Å²) >= 11 is 0. The van der Waals surface area contributed by atoms with E-state index in [2.05, 4.69) is 25.7 Å². The molecule has 18 heavy (non-hydrogen) atoms. The summed E-state index contributed by atoms with van der Waals surface area (Å²) in [6, 6.07) is 9.49. The van der Waals surface area contributed by atoms with Crippen molar-refractivity contribution < 1.29 is 10.2 Å². The van der Waals surface area contributed by atoms with Crippen molar-refractivity contribution >= 4 is 0 Å². The average Bonchev–Trinajstić information content (AvgIpc) is 2.32. The van der Waals surface area contributed by atoms with Gasteiger partial charge in [0.05, 0.1) is 6.10 Å². The molecular weight excluding hydrogens is 226 g/mol. The highest BCUT2D eigenvalue weighted by molar-refractivity contribution is 5.25. The zero-order chi connectivity index (χ0) is 13.4. The van der Waals surface area contributed by atoms with Gasteiger partial charge in [-0.2, -0.15) is 0 Å². The molecule has 1 fully saturated rings. The molecule has 0 unspecified atom stereocenters. The molecule has 2 atom stereocenters. The fourth-order valence-corrected chi connectivity index (χ4v) is 2.60. The molecule has 0 radical (unpaired) electrons. The molecular formula is C15H23NO2. The van der Waals surface area contributed by atoms with Gasteiger partial charge in [0.1, 0.15) is 5.60 Å². The van der Waals surface area contributed by atoms with E-state index in [0.29, 0.717) is 13.0 Å². The van der Waals surface area contributed by atoms with Crippen LogP contribution in [0.25, 0.3) is 0 Å². The number of aliphatic hydroxyl groups excluding tert-OH is 1. The molecule has 3 heteroatoms. The predicted molar refractivity (Wildman–Crippen MR) is 72.3 cm³/mol. The lowest BCUT2D eigenvalue weighted by molar-refractivity contribution is -0.137. The Morgan fingerprint density at radius 3 is 2.33 bits per heavy atom. The van der Waals surface area contributed by atoms with Crippen molar-refractivity contribution in [1.82, 2.24) is 4.90 Å². The summed E-state index contributed by atoms with van der Waals surface area (Å²) in [5.74, 6) is 0. The van der Waals surface area contributed by atoms with Gasteiger partial charge in [-0.25, -0.2) is 0 Å². The molecule has 0 amide bonds. The molecule has 2 N–H and O–H groups in total.